The Kier molecular flexibility index (Phi) is 5.22. The van der Waals surface area contributed by atoms with Crippen LogP contribution < -0.4 is 10.1 Å². The third-order valence-electron chi connectivity index (χ3n) is 2.69. The molecule has 0 radical (unpaired) electrons. The minimum atomic E-state index is -0.962. The number of rotatable bonds is 5. The van der Waals surface area contributed by atoms with E-state index in [0.717, 1.165) is 6.07 Å². The van der Waals surface area contributed by atoms with Crippen molar-refractivity contribution in [2.75, 3.05) is 11.9 Å². The van der Waals surface area contributed by atoms with Crippen LogP contribution in [0.15, 0.2) is 40.9 Å². The van der Waals surface area contributed by atoms with E-state index in [1.807, 2.05) is 0 Å². The first kappa shape index (κ1) is 16.8. The number of nitrogens with zero attached hydrogens (tertiary/aromatic N) is 1. The maximum absolute atomic E-state index is 13.6. The van der Waals surface area contributed by atoms with Gasteiger partial charge in [0.1, 0.15) is 5.82 Å². The third kappa shape index (κ3) is 4.22. The first-order chi connectivity index (χ1) is 10.9. The zero-order valence-corrected chi connectivity index (χ0v) is 13.0. The summed E-state index contributed by atoms with van der Waals surface area (Å²) in [5, 5.41) is 13.0. The number of anilines is 1. The number of benzene rings is 2. The highest BCUT2D eigenvalue weighted by atomic mass is 79.9. The van der Waals surface area contributed by atoms with Crippen molar-refractivity contribution in [2.24, 2.45) is 0 Å². The molecule has 1 amide bonds. The van der Waals surface area contributed by atoms with E-state index in [9.17, 15) is 23.7 Å². The van der Waals surface area contributed by atoms with Gasteiger partial charge in [0.05, 0.1) is 10.6 Å². The summed E-state index contributed by atoms with van der Waals surface area (Å²) in [6.07, 6.45) is 0. The van der Waals surface area contributed by atoms with Crippen molar-refractivity contribution in [1.29, 1.82) is 0 Å². The minimum Gasteiger partial charge on any atom is -0.477 e. The van der Waals surface area contributed by atoms with Crippen molar-refractivity contribution in [1.82, 2.24) is 0 Å². The Hall–Kier alpha value is -2.55. The Morgan fingerprint density at radius 3 is 2.65 bits per heavy atom. The molecule has 0 aliphatic rings. The van der Waals surface area contributed by atoms with Crippen LogP contribution in [0.3, 0.4) is 0 Å². The molecule has 2 aromatic rings. The molecule has 9 heteroatoms. The van der Waals surface area contributed by atoms with Crippen LogP contribution in [0.5, 0.6) is 5.75 Å². The van der Waals surface area contributed by atoms with Crippen LogP contribution in [0.25, 0.3) is 0 Å². The molecular weight excluding hydrogens is 378 g/mol. The lowest BCUT2D eigenvalue weighted by Gasteiger charge is -2.10. The Labute approximate surface area is 137 Å². The van der Waals surface area contributed by atoms with Crippen molar-refractivity contribution in [3.8, 4) is 5.75 Å². The summed E-state index contributed by atoms with van der Waals surface area (Å²) in [7, 11) is 0. The van der Waals surface area contributed by atoms with Crippen molar-refractivity contribution < 1.29 is 23.2 Å². The Bertz CT molecular complexity index is 747. The first-order valence-electron chi connectivity index (χ1n) is 6.19. The fraction of sp³-hybridized carbons (Fsp3) is 0.0714. The number of hydrogen-bond acceptors (Lipinski definition) is 4. The highest BCUT2D eigenvalue weighted by Gasteiger charge is 2.17. The number of para-hydroxylation sites is 2. The van der Waals surface area contributed by atoms with E-state index in [4.69, 9.17) is 4.74 Å². The van der Waals surface area contributed by atoms with Crippen LogP contribution in [0.2, 0.25) is 0 Å². The molecular formula is C14H9BrF2N2O4. The standard InChI is InChI=1S/C14H9BrF2N2O4/c15-9-5-8(16)6-10(17)14(9)18-13(20)7-23-12-4-2-1-3-11(12)19(21)22/h1-6H,7H2,(H,18,20). The molecule has 0 bridgehead atoms. The largest absolute Gasteiger partial charge is 0.477 e. The molecule has 0 aliphatic carbocycles. The van der Waals surface area contributed by atoms with E-state index in [-0.39, 0.29) is 21.6 Å². The number of carbonyl (C=O) groups is 1. The molecule has 0 heterocycles. The topological polar surface area (TPSA) is 81.5 Å². The van der Waals surface area contributed by atoms with E-state index in [0.29, 0.717) is 6.07 Å². The molecule has 2 aromatic carbocycles. The number of hydrogen-bond donors (Lipinski definition) is 1. The van der Waals surface area contributed by atoms with Crippen LogP contribution >= 0.6 is 15.9 Å². The van der Waals surface area contributed by atoms with E-state index >= 15 is 0 Å². The summed E-state index contributed by atoms with van der Waals surface area (Å²) in [5.74, 6) is -2.61. The van der Waals surface area contributed by atoms with Crippen LogP contribution in [-0.4, -0.2) is 17.4 Å². The van der Waals surface area contributed by atoms with Gasteiger partial charge in [-0.2, -0.15) is 0 Å². The first-order valence-corrected chi connectivity index (χ1v) is 6.98. The van der Waals surface area contributed by atoms with Gasteiger partial charge in [0, 0.05) is 16.6 Å². The molecule has 2 rings (SSSR count). The van der Waals surface area contributed by atoms with E-state index in [1.165, 1.54) is 24.3 Å². The van der Waals surface area contributed by atoms with Gasteiger partial charge in [0.15, 0.2) is 18.2 Å². The summed E-state index contributed by atoms with van der Waals surface area (Å²) < 4.78 is 31.6. The number of halogens is 3. The van der Waals surface area contributed by atoms with Crippen molar-refractivity contribution in [3.63, 3.8) is 0 Å². The molecule has 0 spiro atoms. The normalized spacial score (nSPS) is 10.2. The van der Waals surface area contributed by atoms with Gasteiger partial charge < -0.3 is 10.1 Å². The SMILES string of the molecule is O=C(COc1ccccc1[N+](=O)[O-])Nc1c(F)cc(F)cc1Br. The molecule has 0 saturated carbocycles. The molecule has 0 aliphatic heterocycles. The van der Waals surface area contributed by atoms with E-state index in [1.54, 1.807) is 0 Å². The lowest BCUT2D eigenvalue weighted by molar-refractivity contribution is -0.385. The summed E-state index contributed by atoms with van der Waals surface area (Å²) >= 11 is 2.93. The number of nitro groups is 1. The van der Waals surface area contributed by atoms with Crippen LogP contribution in [0.4, 0.5) is 20.2 Å². The molecule has 0 aromatic heterocycles. The van der Waals surface area contributed by atoms with Gasteiger partial charge >= 0.3 is 5.69 Å². The van der Waals surface area contributed by atoms with Crippen molar-refractivity contribution in [2.45, 2.75) is 0 Å². The predicted octanol–water partition coefficient (Wildman–Crippen LogP) is 3.65. The van der Waals surface area contributed by atoms with Gasteiger partial charge in [0.25, 0.3) is 5.91 Å². The lowest BCUT2D eigenvalue weighted by atomic mass is 10.3. The average molecular weight is 387 g/mol. The average Bonchev–Trinajstić information content (AvgIpc) is 2.49. The number of ether oxygens (including phenoxy) is 1. The second-order valence-corrected chi connectivity index (χ2v) is 5.16. The molecule has 0 fully saturated rings. The summed E-state index contributed by atoms with van der Waals surface area (Å²) in [5.41, 5.74) is -0.544. The lowest BCUT2D eigenvalue weighted by Crippen LogP contribution is -2.21. The smallest absolute Gasteiger partial charge is 0.310 e. The fourth-order valence-electron chi connectivity index (χ4n) is 1.71. The number of nitro benzene ring substituents is 1. The van der Waals surface area contributed by atoms with Gasteiger partial charge in [0.2, 0.25) is 0 Å². The van der Waals surface area contributed by atoms with Crippen LogP contribution in [-0.2, 0) is 4.79 Å². The molecule has 0 unspecified atom stereocenters. The third-order valence-corrected chi connectivity index (χ3v) is 3.32. The molecule has 120 valence electrons. The Balaban J connectivity index is 2.06. The zero-order chi connectivity index (χ0) is 17.0. The van der Waals surface area contributed by atoms with Crippen molar-refractivity contribution >= 4 is 33.2 Å². The summed E-state index contributed by atoms with van der Waals surface area (Å²) in [6, 6.07) is 7.13. The number of amides is 1. The van der Waals surface area contributed by atoms with Gasteiger partial charge in [-0.3, -0.25) is 14.9 Å². The van der Waals surface area contributed by atoms with Crippen LogP contribution in [0.1, 0.15) is 0 Å². The highest BCUT2D eigenvalue weighted by Crippen LogP contribution is 2.28. The number of carbonyl (C=O) groups excluding carboxylic acids is 1. The second kappa shape index (κ2) is 7.14. The summed E-state index contributed by atoms with van der Waals surface area (Å²) in [4.78, 5) is 21.9. The van der Waals surface area contributed by atoms with Crippen LogP contribution in [0, 0.1) is 21.7 Å². The summed E-state index contributed by atoms with van der Waals surface area (Å²) in [6.45, 7) is -0.575. The predicted molar refractivity (Wildman–Crippen MR) is 81.3 cm³/mol. The Morgan fingerprint density at radius 2 is 2.00 bits per heavy atom. The van der Waals surface area contributed by atoms with Gasteiger partial charge in [-0.15, -0.1) is 0 Å². The molecule has 1 N–H and O–H groups in total. The van der Waals surface area contributed by atoms with Gasteiger partial charge in [-0.05, 0) is 28.1 Å². The highest BCUT2D eigenvalue weighted by molar-refractivity contribution is 9.10. The fourth-order valence-corrected chi connectivity index (χ4v) is 2.22. The van der Waals surface area contributed by atoms with Gasteiger partial charge in [-0.25, -0.2) is 8.78 Å². The monoisotopic (exact) mass is 386 g/mol. The Morgan fingerprint density at radius 1 is 1.30 bits per heavy atom. The number of nitrogens with one attached hydrogen (secondary N) is 1. The molecule has 6 nitrogen and oxygen atoms in total. The maximum atomic E-state index is 13.6. The molecule has 0 saturated heterocycles. The quantitative estimate of drug-likeness (QED) is 0.627. The molecule has 23 heavy (non-hydrogen) atoms. The minimum absolute atomic E-state index is 0.0223. The zero-order valence-electron chi connectivity index (χ0n) is 11.4. The van der Waals surface area contributed by atoms with Gasteiger partial charge in [-0.1, -0.05) is 12.1 Å². The van der Waals surface area contributed by atoms with E-state index in [2.05, 4.69) is 21.2 Å². The molecule has 0 atom stereocenters. The maximum Gasteiger partial charge on any atom is 0.310 e. The van der Waals surface area contributed by atoms with E-state index < -0.39 is 29.1 Å². The second-order valence-electron chi connectivity index (χ2n) is 4.31. The van der Waals surface area contributed by atoms with Crippen molar-refractivity contribution in [3.05, 3.63) is 62.6 Å².